The van der Waals surface area contributed by atoms with Gasteiger partial charge >= 0.3 is 0 Å². The minimum absolute atomic E-state index is 0.0810. The molecule has 2 N–H and O–H groups in total. The van der Waals surface area contributed by atoms with Crippen molar-refractivity contribution in [2.75, 3.05) is 46.6 Å². The van der Waals surface area contributed by atoms with Crippen LogP contribution in [-0.4, -0.2) is 71.1 Å². The number of nitrogen functional groups attached to an aromatic ring is 1. The molecule has 1 saturated heterocycles. The first-order valence-electron chi connectivity index (χ1n) is 11.8. The van der Waals surface area contributed by atoms with Crippen LogP contribution in [0.4, 0.5) is 5.82 Å². The maximum atomic E-state index is 12.5. The number of nitrogens with two attached hydrogens (primary N) is 1. The van der Waals surface area contributed by atoms with Crippen LogP contribution in [0.3, 0.4) is 0 Å². The third-order valence-electron chi connectivity index (χ3n) is 7.03. The molecule has 0 bridgehead atoms. The molecule has 2 unspecified atom stereocenters. The molecule has 1 amide bonds. The lowest BCUT2D eigenvalue weighted by molar-refractivity contribution is -0.125. The number of rotatable bonds is 5. The third-order valence-corrected chi connectivity index (χ3v) is 7.34. The number of aryl methyl sites for hydroxylation is 1. The Hall–Kier alpha value is -3.54. The number of ether oxygens (including phenoxy) is 1. The summed E-state index contributed by atoms with van der Waals surface area (Å²) in [6, 6.07) is 5.61. The summed E-state index contributed by atoms with van der Waals surface area (Å²) >= 11 is 6.28. The van der Waals surface area contributed by atoms with Crippen LogP contribution < -0.4 is 10.5 Å². The molecule has 5 rings (SSSR count). The Bertz CT molecular complexity index is 1420. The van der Waals surface area contributed by atoms with E-state index in [0.717, 1.165) is 41.8 Å². The molecule has 2 fully saturated rings. The molecule has 3 aromatic rings. The van der Waals surface area contributed by atoms with Gasteiger partial charge in [-0.3, -0.25) is 4.79 Å². The second-order valence-electron chi connectivity index (χ2n) is 9.62. The van der Waals surface area contributed by atoms with Gasteiger partial charge in [0, 0.05) is 44.2 Å². The number of nitrogens with zero attached hydrogens (tertiary/aromatic N) is 5. The Labute approximate surface area is 215 Å². The van der Waals surface area contributed by atoms with E-state index in [9.17, 15) is 4.79 Å². The average Bonchev–Trinajstić information content (AvgIpc) is 3.17. The summed E-state index contributed by atoms with van der Waals surface area (Å²) in [6.07, 6.45) is 5.05. The monoisotopic (exact) mass is 504 g/mol. The zero-order valence-electron chi connectivity index (χ0n) is 20.8. The Morgan fingerprint density at radius 1 is 1.31 bits per heavy atom. The number of hydrogen-bond donors (Lipinski definition) is 1. The summed E-state index contributed by atoms with van der Waals surface area (Å²) in [5.74, 6) is 9.06. The normalized spacial score (nSPS) is 20.6. The number of aromatic nitrogens is 3. The highest BCUT2D eigenvalue weighted by Gasteiger charge is 2.55. The van der Waals surface area contributed by atoms with Crippen LogP contribution in [0, 0.1) is 29.6 Å². The van der Waals surface area contributed by atoms with Crippen molar-refractivity contribution in [3.63, 3.8) is 0 Å². The van der Waals surface area contributed by atoms with Crippen LogP contribution in [0.25, 0.3) is 22.2 Å². The van der Waals surface area contributed by atoms with E-state index >= 15 is 0 Å². The Morgan fingerprint density at radius 2 is 2.06 bits per heavy atom. The molecule has 9 heteroatoms. The first-order valence-corrected chi connectivity index (χ1v) is 12.2. The molecule has 3 heterocycles. The average molecular weight is 505 g/mol. The highest BCUT2D eigenvalue weighted by Crippen LogP contribution is 2.51. The van der Waals surface area contributed by atoms with Crippen LogP contribution in [0.2, 0.25) is 5.02 Å². The van der Waals surface area contributed by atoms with E-state index in [-0.39, 0.29) is 11.8 Å². The topological polar surface area (TPSA) is 89.5 Å². The molecule has 1 aliphatic carbocycles. The van der Waals surface area contributed by atoms with E-state index < -0.39 is 0 Å². The summed E-state index contributed by atoms with van der Waals surface area (Å²) in [7, 11) is 7.48. The van der Waals surface area contributed by atoms with Gasteiger partial charge in [0.15, 0.2) is 0 Å². The van der Waals surface area contributed by atoms with Gasteiger partial charge in [-0.15, -0.1) is 0 Å². The lowest BCUT2D eigenvalue weighted by Crippen LogP contribution is -2.30. The number of fused-ring (bicyclic) bond motifs is 2. The summed E-state index contributed by atoms with van der Waals surface area (Å²) in [6.45, 7) is 2.26. The zero-order chi connectivity index (χ0) is 25.6. The zero-order valence-corrected chi connectivity index (χ0v) is 21.6. The standard InChI is InChI=1S/C27H29ClN6O2/c1-32(2)11-5-6-23(35)34-13-18-17(19(18)14-34)8-10-21-24(16-7-9-20(28)22(12-16)36-4)25-26(29)30-15-31-27(25)33(21)3/h5-7,9,12,15,17-19H,11,13-14H2,1-4H3,(H2,29,30,31)/b6-5+. The molecule has 186 valence electrons. The van der Waals surface area contributed by atoms with Crippen LogP contribution in [-0.2, 0) is 11.8 Å². The highest BCUT2D eigenvalue weighted by atomic mass is 35.5. The Morgan fingerprint density at radius 3 is 2.75 bits per heavy atom. The number of carbonyl (C=O) groups is 1. The fraction of sp³-hybridized carbons (Fsp3) is 0.370. The quantitative estimate of drug-likeness (QED) is 0.424. The number of hydrogen-bond acceptors (Lipinski definition) is 6. The van der Waals surface area contributed by atoms with Gasteiger partial charge in [0.2, 0.25) is 5.91 Å². The summed E-state index contributed by atoms with van der Waals surface area (Å²) in [5.41, 5.74) is 9.57. The predicted molar refractivity (Wildman–Crippen MR) is 142 cm³/mol. The number of piperidine rings is 1. The SMILES string of the molecule is COc1cc(-c2c(C#CC3C4CN(C(=O)/C=C/CN(C)C)CC34)n(C)c3ncnc(N)c23)ccc1Cl. The molecule has 36 heavy (non-hydrogen) atoms. The number of benzene rings is 1. The van der Waals surface area contributed by atoms with Crippen molar-refractivity contribution >= 4 is 34.4 Å². The molecule has 8 nitrogen and oxygen atoms in total. The maximum absolute atomic E-state index is 12.5. The fourth-order valence-electron chi connectivity index (χ4n) is 5.06. The Balaban J connectivity index is 1.43. The number of likely N-dealkylation sites (tertiary alicyclic amines) is 1. The number of methoxy groups -OCH3 is 1. The second kappa shape index (κ2) is 9.49. The molecule has 0 radical (unpaired) electrons. The van der Waals surface area contributed by atoms with E-state index in [1.165, 1.54) is 6.33 Å². The van der Waals surface area contributed by atoms with Crippen LogP contribution in [0.1, 0.15) is 5.69 Å². The van der Waals surface area contributed by atoms with Gasteiger partial charge in [0.1, 0.15) is 29.2 Å². The number of halogens is 1. The van der Waals surface area contributed by atoms with Gasteiger partial charge in [-0.25, -0.2) is 9.97 Å². The third kappa shape index (κ3) is 4.29. The van der Waals surface area contributed by atoms with Crippen molar-refractivity contribution in [1.29, 1.82) is 0 Å². The number of anilines is 1. The largest absolute Gasteiger partial charge is 0.495 e. The molecule has 1 aromatic carbocycles. The number of amides is 1. The molecular formula is C27H29ClN6O2. The molecule has 1 aliphatic heterocycles. The molecular weight excluding hydrogens is 476 g/mol. The second-order valence-corrected chi connectivity index (χ2v) is 10.0. The minimum Gasteiger partial charge on any atom is -0.495 e. The van der Waals surface area contributed by atoms with Crippen molar-refractivity contribution in [1.82, 2.24) is 24.3 Å². The first kappa shape index (κ1) is 24.2. The van der Waals surface area contributed by atoms with Gasteiger partial charge in [-0.2, -0.15) is 0 Å². The predicted octanol–water partition coefficient (Wildman–Crippen LogP) is 3.05. The lowest BCUT2D eigenvalue weighted by Gasteiger charge is -2.16. The summed E-state index contributed by atoms with van der Waals surface area (Å²) in [4.78, 5) is 25.1. The van der Waals surface area contributed by atoms with Crippen molar-refractivity contribution in [2.45, 2.75) is 0 Å². The fourth-order valence-corrected chi connectivity index (χ4v) is 5.25. The molecule has 0 spiro atoms. The van der Waals surface area contributed by atoms with Gasteiger partial charge in [-0.05, 0) is 49.5 Å². The van der Waals surface area contributed by atoms with Crippen molar-refractivity contribution in [3.8, 4) is 28.7 Å². The number of likely N-dealkylation sites (N-methyl/N-ethyl adjacent to an activating group) is 1. The molecule has 2 aromatic heterocycles. The van der Waals surface area contributed by atoms with E-state index in [0.29, 0.717) is 34.1 Å². The summed E-state index contributed by atoms with van der Waals surface area (Å²) < 4.78 is 7.40. The molecule has 2 atom stereocenters. The van der Waals surface area contributed by atoms with Crippen molar-refractivity contribution in [2.24, 2.45) is 24.8 Å². The van der Waals surface area contributed by atoms with Crippen molar-refractivity contribution in [3.05, 3.63) is 47.4 Å². The van der Waals surface area contributed by atoms with E-state index in [2.05, 4.69) is 21.8 Å². The van der Waals surface area contributed by atoms with Crippen LogP contribution >= 0.6 is 11.6 Å². The van der Waals surface area contributed by atoms with E-state index in [1.54, 1.807) is 19.3 Å². The van der Waals surface area contributed by atoms with E-state index in [1.807, 2.05) is 53.7 Å². The van der Waals surface area contributed by atoms with Gasteiger partial charge in [0.05, 0.1) is 17.5 Å². The minimum atomic E-state index is 0.0810. The highest BCUT2D eigenvalue weighted by molar-refractivity contribution is 6.32. The molecule has 1 saturated carbocycles. The van der Waals surface area contributed by atoms with Crippen LogP contribution in [0.5, 0.6) is 5.75 Å². The van der Waals surface area contributed by atoms with Gasteiger partial charge in [0.25, 0.3) is 0 Å². The first-order chi connectivity index (χ1) is 17.3. The smallest absolute Gasteiger partial charge is 0.246 e. The van der Waals surface area contributed by atoms with Crippen LogP contribution in [0.15, 0.2) is 36.7 Å². The van der Waals surface area contributed by atoms with E-state index in [4.69, 9.17) is 22.1 Å². The maximum Gasteiger partial charge on any atom is 0.246 e. The molecule has 2 aliphatic rings. The lowest BCUT2D eigenvalue weighted by atomic mass is 10.0. The van der Waals surface area contributed by atoms with Gasteiger partial charge < -0.3 is 24.8 Å². The van der Waals surface area contributed by atoms with Crippen molar-refractivity contribution < 1.29 is 9.53 Å². The number of carbonyl (C=O) groups excluding carboxylic acids is 1. The van der Waals surface area contributed by atoms with Gasteiger partial charge in [-0.1, -0.05) is 29.7 Å². The Kier molecular flexibility index (Phi) is 6.37. The summed E-state index contributed by atoms with van der Waals surface area (Å²) in [5, 5.41) is 1.28.